The summed E-state index contributed by atoms with van der Waals surface area (Å²) < 4.78 is 16.9. The van der Waals surface area contributed by atoms with E-state index in [-0.39, 0.29) is 11.7 Å². The number of fused-ring (bicyclic) bond motifs is 1. The number of anilines is 1. The lowest BCUT2D eigenvalue weighted by Gasteiger charge is -2.32. The molecule has 0 saturated carbocycles. The molecule has 1 aliphatic carbocycles. The van der Waals surface area contributed by atoms with Crippen LogP contribution >= 0.6 is 15.9 Å². The maximum absolute atomic E-state index is 14.8. The first kappa shape index (κ1) is 25.8. The molecule has 0 aliphatic heterocycles. The second-order valence-corrected chi connectivity index (χ2v) is 10.5. The summed E-state index contributed by atoms with van der Waals surface area (Å²) in [6, 6.07) is 11.4. The van der Waals surface area contributed by atoms with Gasteiger partial charge >= 0.3 is 0 Å². The first-order chi connectivity index (χ1) is 18.2. The molecule has 0 fully saturated rings. The second-order valence-electron chi connectivity index (χ2n) is 9.62. The van der Waals surface area contributed by atoms with E-state index in [0.717, 1.165) is 28.1 Å². The van der Waals surface area contributed by atoms with Crippen molar-refractivity contribution in [2.24, 2.45) is 7.05 Å². The van der Waals surface area contributed by atoms with Crippen molar-refractivity contribution in [3.63, 3.8) is 0 Å². The summed E-state index contributed by atoms with van der Waals surface area (Å²) in [5, 5.41) is 17.2. The molecule has 2 aromatic carbocycles. The van der Waals surface area contributed by atoms with Gasteiger partial charge in [0.1, 0.15) is 17.6 Å². The minimum absolute atomic E-state index is 0.309. The summed E-state index contributed by atoms with van der Waals surface area (Å²) >= 11 is 3.39. The van der Waals surface area contributed by atoms with E-state index in [2.05, 4.69) is 41.9 Å². The summed E-state index contributed by atoms with van der Waals surface area (Å²) in [6.07, 6.45) is 3.45. The minimum atomic E-state index is -0.928. The predicted octanol–water partition coefficient (Wildman–Crippen LogP) is 5.19. The molecular formula is C28H28BrFN6O2. The summed E-state index contributed by atoms with van der Waals surface area (Å²) in [7, 11) is 1.66. The molecular weight excluding hydrogens is 551 g/mol. The fourth-order valence-electron chi connectivity index (χ4n) is 5.30. The molecule has 8 nitrogen and oxygen atoms in total. The molecule has 0 radical (unpaired) electrons. The molecule has 0 saturated heterocycles. The molecule has 0 spiro atoms. The van der Waals surface area contributed by atoms with Crippen LogP contribution in [0.15, 0.2) is 53.1 Å². The van der Waals surface area contributed by atoms with Crippen molar-refractivity contribution in [2.75, 3.05) is 5.32 Å². The van der Waals surface area contributed by atoms with Crippen molar-refractivity contribution in [2.45, 2.75) is 45.1 Å². The number of nitrogens with zero attached hydrogens (tertiary/aromatic N) is 3. The van der Waals surface area contributed by atoms with E-state index >= 15 is 0 Å². The quantitative estimate of drug-likeness (QED) is 0.293. The highest BCUT2D eigenvalue weighted by Gasteiger charge is 2.36. The van der Waals surface area contributed by atoms with Gasteiger partial charge in [-0.3, -0.25) is 19.4 Å². The number of aromatic amines is 1. The monoisotopic (exact) mass is 578 g/mol. The van der Waals surface area contributed by atoms with Gasteiger partial charge in [-0.1, -0.05) is 28.1 Å². The van der Waals surface area contributed by atoms with E-state index in [9.17, 15) is 14.0 Å². The van der Waals surface area contributed by atoms with Crippen LogP contribution in [0.3, 0.4) is 0 Å². The first-order valence-corrected chi connectivity index (χ1v) is 13.2. The zero-order chi connectivity index (χ0) is 27.0. The van der Waals surface area contributed by atoms with Crippen molar-refractivity contribution in [1.82, 2.24) is 25.3 Å². The second kappa shape index (κ2) is 10.5. The van der Waals surface area contributed by atoms with Crippen LogP contribution in [-0.2, 0) is 18.3 Å². The van der Waals surface area contributed by atoms with Crippen molar-refractivity contribution in [3.8, 4) is 11.1 Å². The van der Waals surface area contributed by atoms with E-state index in [4.69, 9.17) is 0 Å². The number of carbonyl (C=O) groups is 2. The normalized spacial score (nSPS) is 15.6. The number of amides is 2. The third-order valence-electron chi connectivity index (χ3n) is 7.13. The number of H-pyrrole nitrogens is 1. The average molecular weight is 579 g/mol. The lowest BCUT2D eigenvalue weighted by molar-refractivity contribution is -0.118. The number of hydrogen-bond donors (Lipinski definition) is 3. The molecule has 2 heterocycles. The maximum atomic E-state index is 14.8. The molecule has 4 aromatic rings. The molecule has 196 valence electrons. The Hall–Kier alpha value is -3.79. The molecule has 2 amide bonds. The third-order valence-corrected chi connectivity index (χ3v) is 7.59. The molecule has 38 heavy (non-hydrogen) atoms. The van der Waals surface area contributed by atoms with Crippen LogP contribution in [0.1, 0.15) is 51.8 Å². The highest BCUT2D eigenvalue weighted by molar-refractivity contribution is 9.10. The van der Waals surface area contributed by atoms with Gasteiger partial charge in [-0.25, -0.2) is 4.39 Å². The number of aryl methyl sites for hydroxylation is 3. The Labute approximate surface area is 228 Å². The molecule has 2 aromatic heterocycles. The van der Waals surface area contributed by atoms with E-state index in [1.165, 1.54) is 16.9 Å². The summed E-state index contributed by atoms with van der Waals surface area (Å²) in [5.74, 6) is -1.51. The molecule has 0 bridgehead atoms. The number of halogens is 2. The summed E-state index contributed by atoms with van der Waals surface area (Å²) in [6.45, 7) is 3.90. The van der Waals surface area contributed by atoms with Gasteiger partial charge in [0.05, 0.1) is 5.69 Å². The van der Waals surface area contributed by atoms with Gasteiger partial charge < -0.3 is 10.6 Å². The van der Waals surface area contributed by atoms with E-state index in [1.54, 1.807) is 13.1 Å². The van der Waals surface area contributed by atoms with Crippen LogP contribution < -0.4 is 10.6 Å². The number of benzene rings is 2. The zero-order valence-corrected chi connectivity index (χ0v) is 22.9. The topological polar surface area (TPSA) is 105 Å². The SMILES string of the molecule is Cc1n[nH]c(C)c1-c1ccc(NC(=O)[C@@H](NC(=O)c2ccnn2C)[C@@H]2CCCc3c(F)cc(Br)cc32)cc1. The smallest absolute Gasteiger partial charge is 0.270 e. The highest BCUT2D eigenvalue weighted by atomic mass is 79.9. The van der Waals surface area contributed by atoms with Gasteiger partial charge in [-0.15, -0.1) is 0 Å². The van der Waals surface area contributed by atoms with Crippen molar-refractivity contribution >= 4 is 33.4 Å². The number of rotatable bonds is 6. The number of nitrogens with one attached hydrogen (secondary N) is 3. The van der Waals surface area contributed by atoms with Gasteiger partial charge in [0.25, 0.3) is 5.91 Å². The van der Waals surface area contributed by atoms with Crippen molar-refractivity contribution < 1.29 is 14.0 Å². The standard InChI is InChI=1S/C28H28BrFN6O2/c1-15-25(16(2)35-34-15)17-7-9-19(10-8-17)32-28(38)26(33-27(37)24-11-12-31-36(24)3)21-6-4-5-20-22(21)13-18(29)14-23(20)30/h7-14,21,26H,4-6H2,1-3H3,(H,32,38)(H,33,37)(H,34,35)/t21-,26+/m1/s1. The van der Waals surface area contributed by atoms with Crippen LogP contribution in [-0.4, -0.2) is 37.8 Å². The number of hydrogen-bond acceptors (Lipinski definition) is 4. The van der Waals surface area contributed by atoms with Crippen LogP contribution in [0.25, 0.3) is 11.1 Å². The Bertz CT molecular complexity index is 1490. The van der Waals surface area contributed by atoms with Gasteiger partial charge in [-0.05, 0) is 80.1 Å². The van der Waals surface area contributed by atoms with E-state index < -0.39 is 17.9 Å². The number of carbonyl (C=O) groups excluding carboxylic acids is 2. The molecule has 3 N–H and O–H groups in total. The van der Waals surface area contributed by atoms with Crippen molar-refractivity contribution in [3.05, 3.63) is 87.2 Å². The largest absolute Gasteiger partial charge is 0.338 e. The van der Waals surface area contributed by atoms with E-state index in [0.29, 0.717) is 40.7 Å². The molecule has 5 rings (SSSR count). The fraction of sp³-hybridized carbons (Fsp3) is 0.286. The lowest BCUT2D eigenvalue weighted by Crippen LogP contribution is -2.48. The predicted molar refractivity (Wildman–Crippen MR) is 146 cm³/mol. The van der Waals surface area contributed by atoms with Gasteiger partial charge in [0.2, 0.25) is 5.91 Å². The Morgan fingerprint density at radius 3 is 2.61 bits per heavy atom. The first-order valence-electron chi connectivity index (χ1n) is 12.4. The van der Waals surface area contributed by atoms with E-state index in [1.807, 2.05) is 44.2 Å². The van der Waals surface area contributed by atoms with Crippen LogP contribution in [0.5, 0.6) is 0 Å². The summed E-state index contributed by atoms with van der Waals surface area (Å²) in [4.78, 5) is 26.9. The Kier molecular flexibility index (Phi) is 7.16. The van der Waals surface area contributed by atoms with Gasteiger partial charge in [0.15, 0.2) is 0 Å². The molecule has 1 aliphatic rings. The van der Waals surface area contributed by atoms with Gasteiger partial charge in [-0.2, -0.15) is 10.2 Å². The van der Waals surface area contributed by atoms with Crippen molar-refractivity contribution in [1.29, 1.82) is 0 Å². The zero-order valence-electron chi connectivity index (χ0n) is 21.3. The number of aromatic nitrogens is 4. The highest BCUT2D eigenvalue weighted by Crippen LogP contribution is 2.38. The Morgan fingerprint density at radius 2 is 1.95 bits per heavy atom. The van der Waals surface area contributed by atoms with Crippen LogP contribution in [0, 0.1) is 19.7 Å². The Balaban J connectivity index is 1.45. The van der Waals surface area contributed by atoms with Crippen LogP contribution in [0.4, 0.5) is 10.1 Å². The molecule has 2 atom stereocenters. The summed E-state index contributed by atoms with van der Waals surface area (Å²) in [5.41, 5.74) is 6.11. The average Bonchev–Trinajstić information content (AvgIpc) is 3.47. The lowest BCUT2D eigenvalue weighted by atomic mass is 9.78. The third kappa shape index (κ3) is 5.00. The molecule has 10 heteroatoms. The molecule has 0 unspecified atom stereocenters. The van der Waals surface area contributed by atoms with Gasteiger partial charge in [0, 0.05) is 40.6 Å². The minimum Gasteiger partial charge on any atom is -0.338 e. The fourth-order valence-corrected chi connectivity index (χ4v) is 5.74. The van der Waals surface area contributed by atoms with Crippen LogP contribution in [0.2, 0.25) is 0 Å². The maximum Gasteiger partial charge on any atom is 0.270 e. The Morgan fingerprint density at radius 1 is 1.18 bits per heavy atom.